The molecule has 1 heterocycles. The second-order valence-corrected chi connectivity index (χ2v) is 6.40. The van der Waals surface area contributed by atoms with E-state index in [4.69, 9.17) is 0 Å². The molecule has 2 N–H and O–H groups in total. The van der Waals surface area contributed by atoms with Crippen molar-refractivity contribution in [1.82, 2.24) is 10.6 Å². The van der Waals surface area contributed by atoms with Gasteiger partial charge in [0, 0.05) is 6.04 Å². The second-order valence-electron chi connectivity index (χ2n) is 6.40. The van der Waals surface area contributed by atoms with Crippen molar-refractivity contribution in [3.8, 4) is 0 Å². The standard InChI is InChI=1S/C16H30N2O/c1-2-16(10-12-17-13-11-16)15(19)18-14-8-6-4-3-5-7-9-14/h14,17H,2-13H2,1H3,(H,18,19). The van der Waals surface area contributed by atoms with Gasteiger partial charge in [-0.2, -0.15) is 0 Å². The van der Waals surface area contributed by atoms with Gasteiger partial charge in [0.2, 0.25) is 5.91 Å². The van der Waals surface area contributed by atoms with Crippen molar-refractivity contribution in [3.05, 3.63) is 0 Å². The smallest absolute Gasteiger partial charge is 0.226 e. The zero-order chi connectivity index (χ0) is 13.6. The molecule has 19 heavy (non-hydrogen) atoms. The minimum atomic E-state index is -0.0897. The molecule has 2 fully saturated rings. The summed E-state index contributed by atoms with van der Waals surface area (Å²) in [6.45, 7) is 4.15. The van der Waals surface area contributed by atoms with Gasteiger partial charge >= 0.3 is 0 Å². The summed E-state index contributed by atoms with van der Waals surface area (Å²) in [6, 6.07) is 0.436. The van der Waals surface area contributed by atoms with E-state index in [2.05, 4.69) is 17.6 Å². The topological polar surface area (TPSA) is 41.1 Å². The molecule has 110 valence electrons. The quantitative estimate of drug-likeness (QED) is 0.824. The maximum absolute atomic E-state index is 12.7. The van der Waals surface area contributed by atoms with Crippen LogP contribution in [0.15, 0.2) is 0 Å². The summed E-state index contributed by atoms with van der Waals surface area (Å²) >= 11 is 0. The van der Waals surface area contributed by atoms with Gasteiger partial charge < -0.3 is 10.6 Å². The van der Waals surface area contributed by atoms with Crippen LogP contribution in [0.5, 0.6) is 0 Å². The molecule has 0 unspecified atom stereocenters. The number of piperidine rings is 1. The summed E-state index contributed by atoms with van der Waals surface area (Å²) in [5, 5.41) is 6.75. The molecule has 1 saturated carbocycles. The first-order chi connectivity index (χ1) is 9.27. The van der Waals surface area contributed by atoms with E-state index in [9.17, 15) is 4.79 Å². The van der Waals surface area contributed by atoms with Crippen molar-refractivity contribution in [2.75, 3.05) is 13.1 Å². The minimum absolute atomic E-state index is 0.0897. The summed E-state index contributed by atoms with van der Waals surface area (Å²) in [6.07, 6.45) is 12.0. The van der Waals surface area contributed by atoms with Gasteiger partial charge in [0.05, 0.1) is 5.41 Å². The molecule has 2 aliphatic rings. The molecule has 1 aliphatic heterocycles. The molecule has 1 amide bonds. The monoisotopic (exact) mass is 266 g/mol. The van der Waals surface area contributed by atoms with Crippen molar-refractivity contribution in [2.45, 2.75) is 77.2 Å². The number of hydrogen-bond donors (Lipinski definition) is 2. The van der Waals surface area contributed by atoms with E-state index >= 15 is 0 Å². The molecular weight excluding hydrogens is 236 g/mol. The molecule has 3 heteroatoms. The Morgan fingerprint density at radius 3 is 2.26 bits per heavy atom. The van der Waals surface area contributed by atoms with Crippen LogP contribution in [0.25, 0.3) is 0 Å². The first kappa shape index (κ1) is 14.8. The predicted molar refractivity (Wildman–Crippen MR) is 79.1 cm³/mol. The fourth-order valence-electron chi connectivity index (χ4n) is 3.59. The summed E-state index contributed by atoms with van der Waals surface area (Å²) in [7, 11) is 0. The lowest BCUT2D eigenvalue weighted by Gasteiger charge is -2.37. The molecule has 1 aliphatic carbocycles. The van der Waals surface area contributed by atoms with Gasteiger partial charge in [-0.3, -0.25) is 4.79 Å². The lowest BCUT2D eigenvalue weighted by atomic mass is 9.75. The fourth-order valence-corrected chi connectivity index (χ4v) is 3.59. The van der Waals surface area contributed by atoms with Gasteiger partial charge in [0.1, 0.15) is 0 Å². The summed E-state index contributed by atoms with van der Waals surface area (Å²) in [5.41, 5.74) is -0.0897. The average Bonchev–Trinajstić information content (AvgIpc) is 2.42. The second kappa shape index (κ2) is 7.28. The Morgan fingerprint density at radius 2 is 1.68 bits per heavy atom. The maximum Gasteiger partial charge on any atom is 0.226 e. The number of rotatable bonds is 3. The summed E-state index contributed by atoms with van der Waals surface area (Å²) in [4.78, 5) is 12.7. The van der Waals surface area contributed by atoms with Crippen LogP contribution in [0, 0.1) is 5.41 Å². The van der Waals surface area contributed by atoms with E-state index in [1.54, 1.807) is 0 Å². The average molecular weight is 266 g/mol. The Bertz CT molecular complexity index is 276. The number of carbonyl (C=O) groups is 1. The van der Waals surface area contributed by atoms with Crippen LogP contribution in [0.4, 0.5) is 0 Å². The largest absolute Gasteiger partial charge is 0.353 e. The highest BCUT2D eigenvalue weighted by Gasteiger charge is 2.38. The molecular formula is C16H30N2O. The first-order valence-corrected chi connectivity index (χ1v) is 8.28. The van der Waals surface area contributed by atoms with E-state index < -0.39 is 0 Å². The number of amides is 1. The third-order valence-electron chi connectivity index (χ3n) is 5.16. The lowest BCUT2D eigenvalue weighted by molar-refractivity contribution is -0.133. The molecule has 0 radical (unpaired) electrons. The molecule has 0 spiro atoms. The Hall–Kier alpha value is -0.570. The number of carbonyl (C=O) groups excluding carboxylic acids is 1. The lowest BCUT2D eigenvalue weighted by Crippen LogP contribution is -2.50. The van der Waals surface area contributed by atoms with Crippen molar-refractivity contribution < 1.29 is 4.79 Å². The van der Waals surface area contributed by atoms with Gasteiger partial charge in [-0.15, -0.1) is 0 Å². The molecule has 2 rings (SSSR count). The van der Waals surface area contributed by atoms with Crippen molar-refractivity contribution in [2.24, 2.45) is 5.41 Å². The predicted octanol–water partition coefficient (Wildman–Crippen LogP) is 3.00. The Labute approximate surface area is 117 Å². The molecule has 0 aromatic heterocycles. The van der Waals surface area contributed by atoms with Crippen molar-refractivity contribution in [3.63, 3.8) is 0 Å². The Morgan fingerprint density at radius 1 is 1.11 bits per heavy atom. The van der Waals surface area contributed by atoms with Gasteiger partial charge in [0.25, 0.3) is 0 Å². The van der Waals surface area contributed by atoms with Gasteiger partial charge in [0.15, 0.2) is 0 Å². The fraction of sp³-hybridized carbons (Fsp3) is 0.938. The van der Waals surface area contributed by atoms with E-state index in [1.165, 1.54) is 44.9 Å². The Kier molecular flexibility index (Phi) is 5.68. The molecule has 1 saturated heterocycles. The van der Waals surface area contributed by atoms with Gasteiger partial charge in [-0.05, 0) is 45.2 Å². The van der Waals surface area contributed by atoms with Gasteiger partial charge in [-0.1, -0.05) is 39.0 Å². The van der Waals surface area contributed by atoms with Crippen LogP contribution < -0.4 is 10.6 Å². The van der Waals surface area contributed by atoms with Crippen LogP contribution in [0.2, 0.25) is 0 Å². The van der Waals surface area contributed by atoms with Crippen molar-refractivity contribution in [1.29, 1.82) is 0 Å². The van der Waals surface area contributed by atoms with E-state index in [0.717, 1.165) is 32.4 Å². The van der Waals surface area contributed by atoms with Gasteiger partial charge in [-0.25, -0.2) is 0 Å². The SMILES string of the molecule is CCC1(C(=O)NC2CCCCCCC2)CCNCC1. The van der Waals surface area contributed by atoms with Crippen molar-refractivity contribution >= 4 is 5.91 Å². The van der Waals surface area contributed by atoms with Crippen LogP contribution in [0.1, 0.15) is 71.1 Å². The summed E-state index contributed by atoms with van der Waals surface area (Å²) in [5.74, 6) is 0.335. The molecule has 0 aromatic rings. The molecule has 0 bridgehead atoms. The normalized spacial score (nSPS) is 25.3. The van der Waals surface area contributed by atoms with Crippen LogP contribution in [-0.2, 0) is 4.79 Å². The van der Waals surface area contributed by atoms with E-state index in [1.807, 2.05) is 0 Å². The Balaban J connectivity index is 1.90. The van der Waals surface area contributed by atoms with E-state index in [-0.39, 0.29) is 5.41 Å². The third kappa shape index (κ3) is 3.95. The van der Waals surface area contributed by atoms with E-state index in [0.29, 0.717) is 11.9 Å². The third-order valence-corrected chi connectivity index (χ3v) is 5.16. The minimum Gasteiger partial charge on any atom is -0.353 e. The molecule has 0 atom stereocenters. The van der Waals surface area contributed by atoms with Crippen LogP contribution >= 0.6 is 0 Å². The highest BCUT2D eigenvalue weighted by atomic mass is 16.2. The number of hydrogen-bond acceptors (Lipinski definition) is 2. The van der Waals surface area contributed by atoms with Crippen LogP contribution in [-0.4, -0.2) is 25.0 Å². The zero-order valence-corrected chi connectivity index (χ0v) is 12.5. The number of nitrogens with one attached hydrogen (secondary N) is 2. The molecule has 3 nitrogen and oxygen atoms in total. The van der Waals surface area contributed by atoms with Crippen LogP contribution in [0.3, 0.4) is 0 Å². The highest BCUT2D eigenvalue weighted by Crippen LogP contribution is 2.33. The summed E-state index contributed by atoms with van der Waals surface area (Å²) < 4.78 is 0. The molecule has 0 aromatic carbocycles. The zero-order valence-electron chi connectivity index (χ0n) is 12.5. The first-order valence-electron chi connectivity index (χ1n) is 8.28. The highest BCUT2D eigenvalue weighted by molar-refractivity contribution is 5.83. The maximum atomic E-state index is 12.7.